The van der Waals surface area contributed by atoms with Crippen LogP contribution >= 0.6 is 0 Å². The molecule has 5 aliphatic rings. The molecule has 3 fully saturated rings. The number of benzene rings is 2. The highest BCUT2D eigenvalue weighted by atomic mass is 16.8. The summed E-state index contributed by atoms with van der Waals surface area (Å²) in [6.45, 7) is 1.93. The van der Waals surface area contributed by atoms with Gasteiger partial charge in [-0.25, -0.2) is 0 Å². The molecule has 7 unspecified atom stereocenters. The number of phenols is 1. The molecule has 1 aliphatic carbocycles. The summed E-state index contributed by atoms with van der Waals surface area (Å²) in [5, 5.41) is 32.5. The molecule has 0 spiro atoms. The van der Waals surface area contributed by atoms with Crippen molar-refractivity contribution in [2.24, 2.45) is 11.8 Å². The second-order valence-corrected chi connectivity index (χ2v) is 11.0. The monoisotopic (exact) mass is 588 g/mol. The molecular formula is C29H32O13. The highest BCUT2D eigenvalue weighted by molar-refractivity contribution is 5.79. The summed E-state index contributed by atoms with van der Waals surface area (Å²) in [7, 11) is 2.86. The normalized spacial score (nSPS) is 36.5. The molecule has 0 saturated carbocycles. The van der Waals surface area contributed by atoms with Crippen LogP contribution in [0.5, 0.6) is 28.7 Å². The van der Waals surface area contributed by atoms with E-state index in [2.05, 4.69) is 0 Å². The Labute approximate surface area is 240 Å². The number of fused-ring (bicyclic) bond motifs is 4. The third-order valence-electron chi connectivity index (χ3n) is 8.75. The Morgan fingerprint density at radius 2 is 1.57 bits per heavy atom. The maximum atomic E-state index is 13.4. The number of carbonyl (C=O) groups is 1. The van der Waals surface area contributed by atoms with E-state index in [0.717, 1.165) is 0 Å². The van der Waals surface area contributed by atoms with Crippen LogP contribution in [0, 0.1) is 11.8 Å². The Balaban J connectivity index is 1.32. The fraction of sp³-hybridized carbons (Fsp3) is 0.552. The summed E-state index contributed by atoms with van der Waals surface area (Å²) in [4.78, 5) is 13.4. The summed E-state index contributed by atoms with van der Waals surface area (Å²) in [6.07, 6.45) is -6.80. The van der Waals surface area contributed by atoms with E-state index in [1.165, 1.54) is 14.2 Å². The van der Waals surface area contributed by atoms with Gasteiger partial charge in [0.2, 0.25) is 12.5 Å². The van der Waals surface area contributed by atoms with E-state index < -0.39 is 66.8 Å². The van der Waals surface area contributed by atoms with Crippen molar-refractivity contribution in [1.29, 1.82) is 0 Å². The molecule has 0 bridgehead atoms. The van der Waals surface area contributed by atoms with Crippen molar-refractivity contribution >= 4 is 5.97 Å². The van der Waals surface area contributed by atoms with Crippen molar-refractivity contribution in [2.45, 2.75) is 55.9 Å². The first-order valence-electron chi connectivity index (χ1n) is 13.8. The number of methoxy groups -OCH3 is 2. The van der Waals surface area contributed by atoms with Crippen molar-refractivity contribution in [1.82, 2.24) is 0 Å². The average Bonchev–Trinajstić information content (AvgIpc) is 3.61. The lowest BCUT2D eigenvalue weighted by Crippen LogP contribution is -2.63. The Hall–Kier alpha value is -3.33. The minimum absolute atomic E-state index is 0.0301. The molecule has 2 aromatic carbocycles. The molecule has 0 aromatic heterocycles. The number of hydrogen-bond donors (Lipinski definition) is 3. The summed E-state index contributed by atoms with van der Waals surface area (Å²) in [5.74, 6) is -1.02. The number of ether oxygens (including phenoxy) is 9. The molecule has 10 atom stereocenters. The summed E-state index contributed by atoms with van der Waals surface area (Å²) < 4.78 is 51.5. The average molecular weight is 589 g/mol. The number of carbonyl (C=O) groups excluding carboxylic acids is 1. The minimum Gasteiger partial charge on any atom is -0.502 e. The molecule has 226 valence electrons. The van der Waals surface area contributed by atoms with Crippen LogP contribution in [0.4, 0.5) is 0 Å². The van der Waals surface area contributed by atoms with E-state index in [9.17, 15) is 20.1 Å². The van der Waals surface area contributed by atoms with Gasteiger partial charge < -0.3 is 58.0 Å². The van der Waals surface area contributed by atoms with Gasteiger partial charge >= 0.3 is 5.97 Å². The molecule has 2 aromatic rings. The van der Waals surface area contributed by atoms with Gasteiger partial charge in [0, 0.05) is 11.8 Å². The molecule has 13 nitrogen and oxygen atoms in total. The largest absolute Gasteiger partial charge is 0.502 e. The molecule has 13 heteroatoms. The van der Waals surface area contributed by atoms with Gasteiger partial charge in [-0.05, 0) is 47.9 Å². The van der Waals surface area contributed by atoms with E-state index in [1.807, 2.05) is 0 Å². The number of rotatable bonds is 5. The van der Waals surface area contributed by atoms with Crippen molar-refractivity contribution in [3.8, 4) is 28.7 Å². The quantitative estimate of drug-likeness (QED) is 0.430. The van der Waals surface area contributed by atoms with Crippen LogP contribution in [0.2, 0.25) is 0 Å². The molecule has 7 rings (SSSR count). The first-order valence-corrected chi connectivity index (χ1v) is 13.8. The molecule has 42 heavy (non-hydrogen) atoms. The first kappa shape index (κ1) is 27.5. The molecule has 3 saturated heterocycles. The van der Waals surface area contributed by atoms with Crippen molar-refractivity contribution in [3.05, 3.63) is 41.0 Å². The van der Waals surface area contributed by atoms with Gasteiger partial charge in [-0.2, -0.15) is 0 Å². The maximum absolute atomic E-state index is 13.4. The summed E-state index contributed by atoms with van der Waals surface area (Å²) in [6, 6.07) is 6.93. The Kier molecular flexibility index (Phi) is 6.83. The van der Waals surface area contributed by atoms with Crippen molar-refractivity contribution in [2.75, 3.05) is 34.2 Å². The van der Waals surface area contributed by atoms with Crippen LogP contribution in [0.15, 0.2) is 24.3 Å². The summed E-state index contributed by atoms with van der Waals surface area (Å²) >= 11 is 0. The van der Waals surface area contributed by atoms with E-state index in [-0.39, 0.29) is 37.3 Å². The fourth-order valence-corrected chi connectivity index (χ4v) is 6.74. The number of hydrogen-bond acceptors (Lipinski definition) is 13. The van der Waals surface area contributed by atoms with Gasteiger partial charge in [-0.1, -0.05) is 0 Å². The highest BCUT2D eigenvalue weighted by Gasteiger charge is 2.56. The zero-order valence-corrected chi connectivity index (χ0v) is 23.1. The summed E-state index contributed by atoms with van der Waals surface area (Å²) in [5.41, 5.74) is 2.01. The lowest BCUT2D eigenvalue weighted by atomic mass is 9.66. The predicted molar refractivity (Wildman–Crippen MR) is 138 cm³/mol. The van der Waals surface area contributed by atoms with Gasteiger partial charge in [0.15, 0.2) is 35.6 Å². The topological polar surface area (TPSA) is 161 Å². The zero-order valence-electron chi connectivity index (χ0n) is 23.1. The predicted octanol–water partition coefficient (Wildman–Crippen LogP) is 1.34. The highest BCUT2D eigenvalue weighted by Crippen LogP contribution is 2.57. The van der Waals surface area contributed by atoms with Gasteiger partial charge in [0.1, 0.15) is 24.4 Å². The zero-order chi connectivity index (χ0) is 29.3. The first-order chi connectivity index (χ1) is 20.3. The number of cyclic esters (lactones) is 1. The van der Waals surface area contributed by atoms with Crippen LogP contribution < -0.4 is 18.9 Å². The minimum atomic E-state index is -1.44. The number of phenolic OH excluding ortho intramolecular Hbond substituents is 1. The van der Waals surface area contributed by atoms with Gasteiger partial charge in [0.25, 0.3) is 0 Å². The lowest BCUT2D eigenvalue weighted by molar-refractivity contribution is -0.364. The Morgan fingerprint density at radius 1 is 0.881 bits per heavy atom. The third kappa shape index (κ3) is 4.26. The second kappa shape index (κ2) is 10.4. The number of aromatic hydroxyl groups is 1. The van der Waals surface area contributed by atoms with Crippen LogP contribution in [0.25, 0.3) is 0 Å². The van der Waals surface area contributed by atoms with Gasteiger partial charge in [-0.3, -0.25) is 4.79 Å². The van der Waals surface area contributed by atoms with E-state index in [0.29, 0.717) is 28.2 Å². The molecule has 4 heterocycles. The molecule has 3 N–H and O–H groups in total. The van der Waals surface area contributed by atoms with Gasteiger partial charge in [0.05, 0.1) is 39.5 Å². The fourth-order valence-electron chi connectivity index (χ4n) is 6.74. The van der Waals surface area contributed by atoms with Crippen molar-refractivity contribution in [3.63, 3.8) is 0 Å². The van der Waals surface area contributed by atoms with Crippen LogP contribution in [0.3, 0.4) is 0 Å². The van der Waals surface area contributed by atoms with Crippen LogP contribution in [-0.4, -0.2) is 92.5 Å². The maximum Gasteiger partial charge on any atom is 0.310 e. The molecular weight excluding hydrogens is 556 g/mol. The Morgan fingerprint density at radius 3 is 2.26 bits per heavy atom. The SMILES string of the molecule is COc1cc(C2c3cc4c(cc3[C@@H](OC3OC5COC(C)OC5C(O)C3O)[C@H]3COC(=O)[C@H]23)OCO4)cc(OC)c1O. The second-order valence-electron chi connectivity index (χ2n) is 11.0. The number of esters is 1. The van der Waals surface area contributed by atoms with E-state index in [1.54, 1.807) is 31.2 Å². The van der Waals surface area contributed by atoms with Gasteiger partial charge in [-0.15, -0.1) is 0 Å². The van der Waals surface area contributed by atoms with E-state index in [4.69, 9.17) is 42.6 Å². The smallest absolute Gasteiger partial charge is 0.310 e. The molecule has 0 radical (unpaired) electrons. The number of aliphatic hydroxyl groups excluding tert-OH is 2. The Bertz CT molecular complexity index is 1350. The third-order valence-corrected chi connectivity index (χ3v) is 8.75. The molecule has 0 amide bonds. The van der Waals surface area contributed by atoms with Crippen LogP contribution in [0.1, 0.15) is 35.6 Å². The number of aliphatic hydroxyl groups is 2. The van der Waals surface area contributed by atoms with Crippen LogP contribution in [-0.2, 0) is 28.5 Å². The molecule has 4 aliphatic heterocycles. The van der Waals surface area contributed by atoms with Crippen molar-refractivity contribution < 1.29 is 62.7 Å². The van der Waals surface area contributed by atoms with E-state index >= 15 is 0 Å². The standard InChI is InChI=1S/C29H32O13/c1-11-36-9-20-27(40-11)24(31)25(32)29(41-20)42-26-14-7-17-16(38-10-39-17)6-13(14)21(22-15(26)8-37-28(22)33)12-4-18(34-2)23(30)19(5-12)35-3/h4-7,11,15,20-22,24-27,29-32H,8-10H2,1-3H3/t11?,15-,20?,21?,22-,24?,25?,26+,27?,29?/m0/s1. The lowest BCUT2D eigenvalue weighted by Gasteiger charge is -2.47.